The van der Waals surface area contributed by atoms with Gasteiger partial charge in [0.05, 0.1) is 28.8 Å². The van der Waals surface area contributed by atoms with Gasteiger partial charge in [0.2, 0.25) is 0 Å². The second-order valence-corrected chi connectivity index (χ2v) is 6.04. The number of ether oxygens (including phenoxy) is 1. The van der Waals surface area contributed by atoms with E-state index in [0.717, 1.165) is 0 Å². The molecule has 0 aliphatic heterocycles. The van der Waals surface area contributed by atoms with Crippen molar-refractivity contribution >= 4 is 10.8 Å². The SMILES string of the molecule is CC(C)(C)OCCS(=O)c1ccc(F)cc1. The first-order chi connectivity index (χ1) is 7.38. The minimum Gasteiger partial charge on any atom is -0.375 e. The van der Waals surface area contributed by atoms with Crippen LogP contribution in [-0.4, -0.2) is 22.2 Å². The molecule has 2 nitrogen and oxygen atoms in total. The first kappa shape index (κ1) is 13.3. The van der Waals surface area contributed by atoms with Crippen molar-refractivity contribution in [2.45, 2.75) is 31.3 Å². The molecule has 0 N–H and O–H groups in total. The van der Waals surface area contributed by atoms with Gasteiger partial charge < -0.3 is 4.74 Å². The smallest absolute Gasteiger partial charge is 0.123 e. The maximum absolute atomic E-state index is 12.6. The Kier molecular flexibility index (Phi) is 4.62. The Labute approximate surface area is 98.3 Å². The second-order valence-electron chi connectivity index (χ2n) is 4.46. The summed E-state index contributed by atoms with van der Waals surface area (Å²) < 4.78 is 29.9. The van der Waals surface area contributed by atoms with Gasteiger partial charge >= 0.3 is 0 Å². The molecule has 0 aliphatic carbocycles. The average Bonchev–Trinajstić information content (AvgIpc) is 2.16. The Morgan fingerprint density at radius 3 is 2.31 bits per heavy atom. The highest BCUT2D eigenvalue weighted by Crippen LogP contribution is 2.10. The van der Waals surface area contributed by atoms with E-state index in [-0.39, 0.29) is 11.4 Å². The predicted molar refractivity (Wildman–Crippen MR) is 63.4 cm³/mol. The van der Waals surface area contributed by atoms with Gasteiger partial charge in [-0.2, -0.15) is 0 Å². The minimum absolute atomic E-state index is 0.215. The third kappa shape index (κ3) is 4.86. The zero-order valence-electron chi connectivity index (χ0n) is 9.83. The summed E-state index contributed by atoms with van der Waals surface area (Å²) in [5, 5.41) is 0. The van der Waals surface area contributed by atoms with E-state index in [1.807, 2.05) is 20.8 Å². The Morgan fingerprint density at radius 2 is 1.81 bits per heavy atom. The number of rotatable bonds is 4. The summed E-state index contributed by atoms with van der Waals surface area (Å²) in [5.41, 5.74) is -0.215. The number of hydrogen-bond donors (Lipinski definition) is 0. The lowest BCUT2D eigenvalue weighted by Gasteiger charge is -2.19. The molecule has 1 atom stereocenters. The van der Waals surface area contributed by atoms with Gasteiger partial charge in [-0.15, -0.1) is 0 Å². The van der Waals surface area contributed by atoms with Gasteiger partial charge in [-0.25, -0.2) is 4.39 Å². The normalized spacial score (nSPS) is 13.8. The van der Waals surface area contributed by atoms with Crippen molar-refractivity contribution in [1.82, 2.24) is 0 Å². The molecule has 0 saturated carbocycles. The molecule has 1 rings (SSSR count). The summed E-state index contributed by atoms with van der Waals surface area (Å²) in [7, 11) is -1.12. The van der Waals surface area contributed by atoms with Crippen LogP contribution < -0.4 is 0 Å². The maximum Gasteiger partial charge on any atom is 0.123 e. The standard InChI is InChI=1S/C12H17FO2S/c1-12(2,3)15-8-9-16(14)11-6-4-10(13)5-7-11/h4-7H,8-9H2,1-3H3. The molecule has 0 spiro atoms. The summed E-state index contributed by atoms with van der Waals surface area (Å²) >= 11 is 0. The predicted octanol–water partition coefficient (Wildman–Crippen LogP) is 2.75. The number of benzene rings is 1. The fourth-order valence-corrected chi connectivity index (χ4v) is 2.04. The van der Waals surface area contributed by atoms with E-state index in [9.17, 15) is 8.60 Å². The third-order valence-electron chi connectivity index (χ3n) is 1.88. The number of hydrogen-bond acceptors (Lipinski definition) is 2. The van der Waals surface area contributed by atoms with E-state index in [2.05, 4.69) is 0 Å². The maximum atomic E-state index is 12.6. The van der Waals surface area contributed by atoms with Crippen LogP contribution in [0, 0.1) is 5.82 Å². The van der Waals surface area contributed by atoms with Crippen LogP contribution in [0.25, 0.3) is 0 Å². The van der Waals surface area contributed by atoms with Crippen LogP contribution in [-0.2, 0) is 15.5 Å². The molecule has 4 heteroatoms. The van der Waals surface area contributed by atoms with Crippen LogP contribution >= 0.6 is 0 Å². The molecule has 0 radical (unpaired) electrons. The lowest BCUT2D eigenvalue weighted by Crippen LogP contribution is -2.22. The van der Waals surface area contributed by atoms with E-state index in [4.69, 9.17) is 4.74 Å². The van der Waals surface area contributed by atoms with Crippen LogP contribution in [0.15, 0.2) is 29.2 Å². The average molecular weight is 244 g/mol. The highest BCUT2D eigenvalue weighted by molar-refractivity contribution is 7.85. The lowest BCUT2D eigenvalue weighted by atomic mass is 10.2. The molecule has 16 heavy (non-hydrogen) atoms. The molecular weight excluding hydrogens is 227 g/mol. The fraction of sp³-hybridized carbons (Fsp3) is 0.500. The van der Waals surface area contributed by atoms with E-state index >= 15 is 0 Å². The van der Waals surface area contributed by atoms with Gasteiger partial charge in [0.1, 0.15) is 5.82 Å². The zero-order valence-corrected chi connectivity index (χ0v) is 10.6. The molecule has 90 valence electrons. The molecule has 0 aromatic heterocycles. The summed E-state index contributed by atoms with van der Waals surface area (Å²) in [6, 6.07) is 5.72. The Bertz CT molecular complexity index is 354. The Hall–Kier alpha value is -0.740. The topological polar surface area (TPSA) is 26.3 Å². The highest BCUT2D eigenvalue weighted by atomic mass is 32.2. The van der Waals surface area contributed by atoms with Crippen LogP contribution in [0.5, 0.6) is 0 Å². The van der Waals surface area contributed by atoms with E-state index in [0.29, 0.717) is 17.3 Å². The van der Waals surface area contributed by atoms with Gasteiger partial charge in [0.25, 0.3) is 0 Å². The third-order valence-corrected chi connectivity index (χ3v) is 3.22. The van der Waals surface area contributed by atoms with Crippen LogP contribution in [0.4, 0.5) is 4.39 Å². The van der Waals surface area contributed by atoms with Crippen molar-refractivity contribution in [3.63, 3.8) is 0 Å². The van der Waals surface area contributed by atoms with Crippen LogP contribution in [0.3, 0.4) is 0 Å². The molecule has 0 bridgehead atoms. The Balaban J connectivity index is 2.44. The van der Waals surface area contributed by atoms with Gasteiger partial charge in [0.15, 0.2) is 0 Å². The zero-order chi connectivity index (χ0) is 12.2. The molecule has 0 amide bonds. The van der Waals surface area contributed by atoms with Crippen molar-refractivity contribution in [2.75, 3.05) is 12.4 Å². The first-order valence-electron chi connectivity index (χ1n) is 5.16. The van der Waals surface area contributed by atoms with Gasteiger partial charge in [-0.1, -0.05) is 0 Å². The quantitative estimate of drug-likeness (QED) is 0.814. The summed E-state index contributed by atoms with van der Waals surface area (Å²) in [5.74, 6) is 0.120. The highest BCUT2D eigenvalue weighted by Gasteiger charge is 2.11. The molecule has 1 unspecified atom stereocenters. The van der Waals surface area contributed by atoms with Gasteiger partial charge in [0, 0.05) is 4.90 Å². The Morgan fingerprint density at radius 1 is 1.25 bits per heavy atom. The van der Waals surface area contributed by atoms with Gasteiger partial charge in [-0.3, -0.25) is 4.21 Å². The summed E-state index contributed by atoms with van der Waals surface area (Å²) in [6.45, 7) is 6.29. The van der Waals surface area contributed by atoms with Crippen molar-refractivity contribution in [1.29, 1.82) is 0 Å². The molecule has 0 saturated heterocycles. The summed E-state index contributed by atoms with van der Waals surface area (Å²) in [4.78, 5) is 0.638. The van der Waals surface area contributed by atoms with Crippen molar-refractivity contribution in [2.24, 2.45) is 0 Å². The van der Waals surface area contributed by atoms with Gasteiger partial charge in [-0.05, 0) is 45.0 Å². The second kappa shape index (κ2) is 5.55. The van der Waals surface area contributed by atoms with Crippen LogP contribution in [0.2, 0.25) is 0 Å². The molecular formula is C12H17FO2S. The van der Waals surface area contributed by atoms with E-state index in [1.54, 1.807) is 12.1 Å². The lowest BCUT2D eigenvalue weighted by molar-refractivity contribution is 0.00669. The molecule has 0 fully saturated rings. The minimum atomic E-state index is -1.12. The molecule has 0 heterocycles. The van der Waals surface area contributed by atoms with Crippen LogP contribution in [0.1, 0.15) is 20.8 Å². The van der Waals surface area contributed by atoms with Crippen molar-refractivity contribution in [3.8, 4) is 0 Å². The largest absolute Gasteiger partial charge is 0.375 e. The van der Waals surface area contributed by atoms with Crippen molar-refractivity contribution in [3.05, 3.63) is 30.1 Å². The number of halogens is 1. The molecule has 0 aliphatic rings. The summed E-state index contributed by atoms with van der Waals surface area (Å²) in [6.07, 6.45) is 0. The molecule has 1 aromatic rings. The van der Waals surface area contributed by atoms with Crippen molar-refractivity contribution < 1.29 is 13.3 Å². The van der Waals surface area contributed by atoms with E-state index < -0.39 is 10.8 Å². The fourth-order valence-electron chi connectivity index (χ4n) is 1.13. The first-order valence-corrected chi connectivity index (χ1v) is 6.48. The monoisotopic (exact) mass is 244 g/mol. The van der Waals surface area contributed by atoms with E-state index in [1.165, 1.54) is 12.1 Å². The molecule has 1 aromatic carbocycles.